The zero-order chi connectivity index (χ0) is 26.5. The Morgan fingerprint density at radius 1 is 1.03 bits per heavy atom. The maximum absolute atomic E-state index is 12.9. The Morgan fingerprint density at radius 2 is 1.72 bits per heavy atom. The molecule has 1 heterocycles. The molecule has 0 fully saturated rings. The van der Waals surface area contributed by atoms with Crippen molar-refractivity contribution in [2.24, 2.45) is 5.16 Å². The van der Waals surface area contributed by atoms with Gasteiger partial charge in [0.1, 0.15) is 5.69 Å². The van der Waals surface area contributed by atoms with Gasteiger partial charge in [0.2, 0.25) is 0 Å². The number of carbonyl (C=O) groups is 2. The van der Waals surface area contributed by atoms with Gasteiger partial charge in [0.15, 0.2) is 0 Å². The molecule has 3 aromatic rings. The molecule has 3 N–H and O–H groups in total. The fraction of sp³-hybridized carbons (Fsp3) is 0.231. The number of pyridine rings is 1. The molecule has 0 spiro atoms. The lowest BCUT2D eigenvalue weighted by Crippen LogP contribution is -2.25. The van der Waals surface area contributed by atoms with E-state index in [0.29, 0.717) is 23.2 Å². The van der Waals surface area contributed by atoms with Gasteiger partial charge in [-0.15, -0.1) is 0 Å². The first-order valence-electron chi connectivity index (χ1n) is 11.0. The van der Waals surface area contributed by atoms with Crippen LogP contribution in [-0.4, -0.2) is 32.9 Å². The summed E-state index contributed by atoms with van der Waals surface area (Å²) < 4.78 is 38.8. The summed E-state index contributed by atoms with van der Waals surface area (Å²) in [5.41, 5.74) is 2.36. The van der Waals surface area contributed by atoms with Crippen molar-refractivity contribution in [2.45, 2.75) is 39.4 Å². The monoisotopic (exact) mass is 499 g/mol. The molecule has 0 aliphatic rings. The number of carboxylic acids is 1. The Kier molecular flexibility index (Phi) is 8.08. The van der Waals surface area contributed by atoms with Gasteiger partial charge >= 0.3 is 12.1 Å². The molecule has 36 heavy (non-hydrogen) atoms. The summed E-state index contributed by atoms with van der Waals surface area (Å²) in [6.45, 7) is 3.32. The van der Waals surface area contributed by atoms with Gasteiger partial charge in [-0.1, -0.05) is 29.4 Å². The van der Waals surface area contributed by atoms with Crippen LogP contribution in [0.15, 0.2) is 59.8 Å². The second-order valence-electron chi connectivity index (χ2n) is 8.20. The highest BCUT2D eigenvalue weighted by Crippen LogP contribution is 2.29. The van der Waals surface area contributed by atoms with E-state index in [2.05, 4.69) is 15.5 Å². The van der Waals surface area contributed by atoms with Crippen LogP contribution in [0.5, 0.6) is 0 Å². The highest BCUT2D eigenvalue weighted by molar-refractivity contribution is 6.04. The molecular formula is C26H24F3N3O4. The number of amides is 1. The van der Waals surface area contributed by atoms with E-state index in [-0.39, 0.29) is 35.5 Å². The first kappa shape index (κ1) is 26.4. The molecule has 0 bridgehead atoms. The number of oxime groups is 1. The van der Waals surface area contributed by atoms with Crippen LogP contribution in [0.2, 0.25) is 0 Å². The van der Waals surface area contributed by atoms with Gasteiger partial charge in [-0.3, -0.25) is 4.79 Å². The Balaban J connectivity index is 1.77. The molecule has 0 atom stereocenters. The quantitative estimate of drug-likeness (QED) is 0.225. The van der Waals surface area contributed by atoms with Crippen LogP contribution < -0.4 is 5.32 Å². The summed E-state index contributed by atoms with van der Waals surface area (Å²) in [7, 11) is 0. The summed E-state index contributed by atoms with van der Waals surface area (Å²) in [6.07, 6.45) is -3.84. The number of halogens is 3. The molecule has 0 unspecified atom stereocenters. The SMILES string of the molecule is Cc1nc(C(=O)NCc2cccc(C(F)(F)F)c2)cc(/C(CCc2cccc(C(=O)O)c2)=N/O)c1C. The topological polar surface area (TPSA) is 112 Å². The number of nitrogens with zero attached hydrogens (tertiary/aromatic N) is 2. The van der Waals surface area contributed by atoms with Crippen LogP contribution in [-0.2, 0) is 19.1 Å². The van der Waals surface area contributed by atoms with E-state index in [4.69, 9.17) is 5.11 Å². The second-order valence-corrected chi connectivity index (χ2v) is 8.20. The van der Waals surface area contributed by atoms with E-state index in [1.54, 1.807) is 26.0 Å². The maximum atomic E-state index is 12.9. The van der Waals surface area contributed by atoms with E-state index < -0.39 is 23.6 Å². The number of nitrogens with one attached hydrogen (secondary N) is 1. The third-order valence-corrected chi connectivity index (χ3v) is 5.71. The summed E-state index contributed by atoms with van der Waals surface area (Å²) in [4.78, 5) is 28.2. The molecule has 3 rings (SSSR count). The molecule has 10 heteroatoms. The smallest absolute Gasteiger partial charge is 0.416 e. The largest absolute Gasteiger partial charge is 0.478 e. The van der Waals surface area contributed by atoms with E-state index in [1.165, 1.54) is 30.3 Å². The zero-order valence-electron chi connectivity index (χ0n) is 19.6. The van der Waals surface area contributed by atoms with Crippen molar-refractivity contribution in [2.75, 3.05) is 0 Å². The number of carbonyl (C=O) groups excluding carboxylic acids is 1. The van der Waals surface area contributed by atoms with Crippen molar-refractivity contribution < 1.29 is 33.1 Å². The van der Waals surface area contributed by atoms with Gasteiger partial charge in [0.25, 0.3) is 5.91 Å². The Morgan fingerprint density at radius 3 is 2.39 bits per heavy atom. The first-order valence-corrected chi connectivity index (χ1v) is 11.0. The van der Waals surface area contributed by atoms with Crippen LogP contribution in [0.3, 0.4) is 0 Å². The third-order valence-electron chi connectivity index (χ3n) is 5.71. The first-order chi connectivity index (χ1) is 17.0. The van der Waals surface area contributed by atoms with Crippen molar-refractivity contribution >= 4 is 17.6 Å². The Bertz CT molecular complexity index is 1320. The van der Waals surface area contributed by atoms with Gasteiger partial charge in [0.05, 0.1) is 16.8 Å². The lowest BCUT2D eigenvalue weighted by atomic mass is 9.96. The summed E-state index contributed by atoms with van der Waals surface area (Å²) in [5.74, 6) is -1.64. The minimum Gasteiger partial charge on any atom is -0.478 e. The van der Waals surface area contributed by atoms with Crippen molar-refractivity contribution in [3.63, 3.8) is 0 Å². The van der Waals surface area contributed by atoms with Crippen molar-refractivity contribution in [1.29, 1.82) is 0 Å². The number of hydrogen-bond donors (Lipinski definition) is 3. The molecule has 0 saturated heterocycles. The lowest BCUT2D eigenvalue weighted by molar-refractivity contribution is -0.137. The molecular weight excluding hydrogens is 475 g/mol. The van der Waals surface area contributed by atoms with Crippen molar-refractivity contribution in [1.82, 2.24) is 10.3 Å². The standard InChI is InChI=1S/C26H24F3N3O4/c1-15-16(2)31-23(24(33)30-14-18-6-4-8-20(12-18)26(27,28)29)13-21(15)22(32-36)10-9-17-5-3-7-19(11-17)25(34)35/h3-8,11-13,36H,9-10,14H2,1-2H3,(H,30,33)(H,34,35)/b32-22+. The van der Waals surface area contributed by atoms with Crippen LogP contribution >= 0.6 is 0 Å². The number of alkyl halides is 3. The highest BCUT2D eigenvalue weighted by atomic mass is 19.4. The molecule has 0 saturated carbocycles. The van der Waals surface area contributed by atoms with Crippen LogP contribution in [0.4, 0.5) is 13.2 Å². The average molecular weight is 499 g/mol. The van der Waals surface area contributed by atoms with E-state index in [0.717, 1.165) is 17.7 Å². The highest BCUT2D eigenvalue weighted by Gasteiger charge is 2.30. The lowest BCUT2D eigenvalue weighted by Gasteiger charge is -2.13. The number of aromatic carboxylic acids is 1. The molecule has 188 valence electrons. The fourth-order valence-electron chi connectivity index (χ4n) is 3.64. The van der Waals surface area contributed by atoms with Gasteiger partial charge in [-0.25, -0.2) is 9.78 Å². The number of hydrogen-bond acceptors (Lipinski definition) is 5. The minimum atomic E-state index is -4.49. The van der Waals surface area contributed by atoms with Gasteiger partial charge in [-0.05, 0) is 73.7 Å². The van der Waals surface area contributed by atoms with Crippen molar-refractivity contribution in [3.05, 3.63) is 99.4 Å². The molecule has 2 aromatic carbocycles. The van der Waals surface area contributed by atoms with Crippen LogP contribution in [0.25, 0.3) is 0 Å². The molecule has 1 aromatic heterocycles. The van der Waals surface area contributed by atoms with E-state index >= 15 is 0 Å². The molecule has 0 radical (unpaired) electrons. The number of rotatable bonds is 8. The Hall–Kier alpha value is -4.21. The average Bonchev–Trinajstić information content (AvgIpc) is 2.85. The third kappa shape index (κ3) is 6.47. The number of aryl methyl sites for hydroxylation is 2. The molecule has 0 aliphatic carbocycles. The van der Waals surface area contributed by atoms with E-state index in [1.807, 2.05) is 0 Å². The normalized spacial score (nSPS) is 11.9. The van der Waals surface area contributed by atoms with Crippen LogP contribution in [0, 0.1) is 13.8 Å². The molecule has 1 amide bonds. The van der Waals surface area contributed by atoms with E-state index in [9.17, 15) is 28.0 Å². The summed E-state index contributed by atoms with van der Waals surface area (Å²) >= 11 is 0. The molecule has 0 aliphatic heterocycles. The second kappa shape index (κ2) is 11.0. The van der Waals surface area contributed by atoms with Crippen LogP contribution in [0.1, 0.15) is 60.8 Å². The number of benzene rings is 2. The molecule has 7 nitrogen and oxygen atoms in total. The number of aromatic nitrogens is 1. The number of carboxylic acid groups (broad SMARTS) is 1. The predicted molar refractivity (Wildman–Crippen MR) is 126 cm³/mol. The summed E-state index contributed by atoms with van der Waals surface area (Å²) in [6, 6.07) is 12.5. The van der Waals surface area contributed by atoms with Gasteiger partial charge in [-0.2, -0.15) is 13.2 Å². The fourth-order valence-corrected chi connectivity index (χ4v) is 3.64. The summed E-state index contributed by atoms with van der Waals surface area (Å²) in [5, 5.41) is 24.8. The van der Waals surface area contributed by atoms with Gasteiger partial charge < -0.3 is 15.6 Å². The predicted octanol–water partition coefficient (Wildman–Crippen LogP) is 5.16. The van der Waals surface area contributed by atoms with Crippen molar-refractivity contribution in [3.8, 4) is 0 Å². The minimum absolute atomic E-state index is 0.0223. The Labute approximate surface area is 205 Å². The maximum Gasteiger partial charge on any atom is 0.416 e. The zero-order valence-corrected chi connectivity index (χ0v) is 19.6. The van der Waals surface area contributed by atoms with Gasteiger partial charge in [0, 0.05) is 17.8 Å².